The molecule has 2 N–H and O–H groups in total. The van der Waals surface area contributed by atoms with Crippen LogP contribution in [0.4, 0.5) is 0 Å². The number of hydrogen-bond acceptors (Lipinski definition) is 3. The minimum Gasteiger partial charge on any atom is -0.495 e. The summed E-state index contributed by atoms with van der Waals surface area (Å²) in [4.78, 5) is 4.47. The van der Waals surface area contributed by atoms with Crippen LogP contribution in [-0.4, -0.2) is 7.11 Å². The van der Waals surface area contributed by atoms with Crippen LogP contribution in [0.3, 0.4) is 0 Å². The number of rotatable bonds is 3. The molecule has 0 radical (unpaired) electrons. The molecule has 1 aromatic carbocycles. The van der Waals surface area contributed by atoms with Gasteiger partial charge in [0.05, 0.1) is 18.7 Å². The molecule has 3 nitrogen and oxygen atoms in total. The first kappa shape index (κ1) is 9.32. The normalized spacial score (nSPS) is 9.92. The minimum atomic E-state index is 0.288. The average molecular weight is 188 g/mol. The number of methoxy groups -OCH3 is 1. The molecule has 0 saturated carbocycles. The summed E-state index contributed by atoms with van der Waals surface area (Å²) < 4.78 is 5.00. The predicted octanol–water partition coefficient (Wildman–Crippen LogP) is 1.74. The van der Waals surface area contributed by atoms with E-state index in [-0.39, 0.29) is 6.61 Å². The van der Waals surface area contributed by atoms with E-state index in [0.717, 1.165) is 5.56 Å². The van der Waals surface area contributed by atoms with Crippen molar-refractivity contribution in [3.8, 4) is 5.75 Å². The van der Waals surface area contributed by atoms with Crippen LogP contribution in [0.1, 0.15) is 5.56 Å². The van der Waals surface area contributed by atoms with Gasteiger partial charge in [-0.2, -0.15) is 0 Å². The first-order valence-corrected chi connectivity index (χ1v) is 3.80. The Hall–Kier alpha value is -0.770. The smallest absolute Gasteiger partial charge is 0.137 e. The van der Waals surface area contributed by atoms with Crippen LogP contribution < -0.4 is 10.6 Å². The summed E-state index contributed by atoms with van der Waals surface area (Å²) in [7, 11) is 1.56. The summed E-state index contributed by atoms with van der Waals surface area (Å²) in [6.45, 7) is 0.288. The van der Waals surface area contributed by atoms with Crippen LogP contribution in [0, 0.1) is 0 Å². The lowest BCUT2D eigenvalue weighted by atomic mass is 10.2. The Labute approximate surface area is 76.0 Å². The molecule has 1 rings (SSSR count). The summed E-state index contributed by atoms with van der Waals surface area (Å²) in [6.07, 6.45) is 0. The van der Waals surface area contributed by atoms with E-state index in [1.54, 1.807) is 13.2 Å². The van der Waals surface area contributed by atoms with Gasteiger partial charge in [-0.05, 0) is 6.07 Å². The molecule has 0 unspecified atom stereocenters. The van der Waals surface area contributed by atoms with E-state index in [1.165, 1.54) is 0 Å². The Morgan fingerprint density at radius 2 is 2.25 bits per heavy atom. The number of benzene rings is 1. The van der Waals surface area contributed by atoms with Gasteiger partial charge in [-0.1, -0.05) is 23.7 Å². The highest BCUT2D eigenvalue weighted by molar-refractivity contribution is 6.32. The average Bonchev–Trinajstić information content (AvgIpc) is 2.09. The molecule has 0 aliphatic heterocycles. The molecular weight excluding hydrogens is 178 g/mol. The molecule has 0 fully saturated rings. The van der Waals surface area contributed by atoms with Crippen molar-refractivity contribution >= 4 is 11.6 Å². The summed E-state index contributed by atoms with van der Waals surface area (Å²) >= 11 is 5.93. The van der Waals surface area contributed by atoms with Gasteiger partial charge in [0.1, 0.15) is 5.75 Å². The van der Waals surface area contributed by atoms with E-state index in [0.29, 0.717) is 10.8 Å². The van der Waals surface area contributed by atoms with Crippen LogP contribution in [0.25, 0.3) is 0 Å². The molecule has 4 heteroatoms. The van der Waals surface area contributed by atoms with Crippen LogP contribution >= 0.6 is 11.6 Å². The van der Waals surface area contributed by atoms with Crippen molar-refractivity contribution in [1.29, 1.82) is 0 Å². The van der Waals surface area contributed by atoms with Crippen molar-refractivity contribution < 1.29 is 9.57 Å². The summed E-state index contributed by atoms with van der Waals surface area (Å²) in [5.41, 5.74) is 0.818. The highest BCUT2D eigenvalue weighted by Gasteiger charge is 2.04. The lowest BCUT2D eigenvalue weighted by molar-refractivity contribution is 0.124. The third-order valence-electron chi connectivity index (χ3n) is 1.50. The van der Waals surface area contributed by atoms with E-state index >= 15 is 0 Å². The molecule has 1 aromatic rings. The van der Waals surface area contributed by atoms with E-state index in [1.807, 2.05) is 12.1 Å². The fourth-order valence-electron chi connectivity index (χ4n) is 0.915. The molecule has 0 amide bonds. The highest BCUT2D eigenvalue weighted by Crippen LogP contribution is 2.27. The molecule has 0 spiro atoms. The van der Waals surface area contributed by atoms with Gasteiger partial charge < -0.3 is 4.74 Å². The lowest BCUT2D eigenvalue weighted by Gasteiger charge is -2.06. The minimum absolute atomic E-state index is 0.288. The van der Waals surface area contributed by atoms with Crippen LogP contribution in [0.5, 0.6) is 5.75 Å². The second kappa shape index (κ2) is 4.30. The third kappa shape index (κ3) is 1.88. The maximum absolute atomic E-state index is 5.93. The number of hydrogen-bond donors (Lipinski definition) is 1. The van der Waals surface area contributed by atoms with Gasteiger partial charge in [-0.15, -0.1) is 0 Å². The fraction of sp³-hybridized carbons (Fsp3) is 0.250. The summed E-state index contributed by atoms with van der Waals surface area (Å²) in [5, 5.41) is 0.547. The lowest BCUT2D eigenvalue weighted by Crippen LogP contribution is -2.00. The third-order valence-corrected chi connectivity index (χ3v) is 1.93. The van der Waals surface area contributed by atoms with Crippen molar-refractivity contribution in [2.75, 3.05) is 7.11 Å². The van der Waals surface area contributed by atoms with E-state index in [4.69, 9.17) is 22.2 Å². The zero-order valence-corrected chi connectivity index (χ0v) is 7.47. The van der Waals surface area contributed by atoms with Crippen LogP contribution in [-0.2, 0) is 11.4 Å². The van der Waals surface area contributed by atoms with Gasteiger partial charge in [0.15, 0.2) is 0 Å². The molecule has 0 aliphatic carbocycles. The van der Waals surface area contributed by atoms with Crippen LogP contribution in [0.2, 0.25) is 5.02 Å². The van der Waals surface area contributed by atoms with Crippen molar-refractivity contribution in [1.82, 2.24) is 0 Å². The molecule has 0 aromatic heterocycles. The van der Waals surface area contributed by atoms with Gasteiger partial charge in [-0.3, -0.25) is 4.84 Å². The number of halogens is 1. The Balaban J connectivity index is 2.97. The van der Waals surface area contributed by atoms with E-state index in [2.05, 4.69) is 4.84 Å². The predicted molar refractivity (Wildman–Crippen MR) is 47.0 cm³/mol. The molecule has 0 bridgehead atoms. The Morgan fingerprint density at radius 3 is 2.83 bits per heavy atom. The van der Waals surface area contributed by atoms with Crippen molar-refractivity contribution in [3.05, 3.63) is 28.8 Å². The van der Waals surface area contributed by atoms with Gasteiger partial charge >= 0.3 is 0 Å². The molecule has 12 heavy (non-hydrogen) atoms. The topological polar surface area (TPSA) is 44.5 Å². The van der Waals surface area contributed by atoms with Crippen molar-refractivity contribution in [2.24, 2.45) is 5.90 Å². The SMILES string of the molecule is COc1cccc(CON)c1Cl. The Kier molecular flexibility index (Phi) is 3.34. The van der Waals surface area contributed by atoms with E-state index < -0.39 is 0 Å². The van der Waals surface area contributed by atoms with Gasteiger partial charge in [0.2, 0.25) is 0 Å². The van der Waals surface area contributed by atoms with Crippen molar-refractivity contribution in [2.45, 2.75) is 6.61 Å². The molecule has 0 aliphatic rings. The van der Waals surface area contributed by atoms with Crippen molar-refractivity contribution in [3.63, 3.8) is 0 Å². The van der Waals surface area contributed by atoms with E-state index in [9.17, 15) is 0 Å². The standard InChI is InChI=1S/C8H10ClNO2/c1-11-7-4-2-3-6(5-12-10)8(7)9/h2-4H,5,10H2,1H3. The highest BCUT2D eigenvalue weighted by atomic mass is 35.5. The first-order valence-electron chi connectivity index (χ1n) is 3.42. The van der Waals surface area contributed by atoms with Gasteiger partial charge in [-0.25, -0.2) is 5.90 Å². The fourth-order valence-corrected chi connectivity index (χ4v) is 1.17. The maximum Gasteiger partial charge on any atom is 0.137 e. The molecule has 0 atom stereocenters. The number of nitrogens with two attached hydrogens (primary N) is 1. The van der Waals surface area contributed by atoms with Gasteiger partial charge in [0.25, 0.3) is 0 Å². The Bertz CT molecular complexity index is 265. The first-order chi connectivity index (χ1) is 5.79. The summed E-state index contributed by atoms with van der Waals surface area (Å²) in [6, 6.07) is 5.44. The monoisotopic (exact) mass is 187 g/mol. The second-order valence-corrected chi connectivity index (χ2v) is 2.62. The van der Waals surface area contributed by atoms with Gasteiger partial charge in [0, 0.05) is 5.56 Å². The second-order valence-electron chi connectivity index (χ2n) is 2.24. The Morgan fingerprint density at radius 1 is 1.50 bits per heavy atom. The zero-order chi connectivity index (χ0) is 8.97. The van der Waals surface area contributed by atoms with Crippen LogP contribution in [0.15, 0.2) is 18.2 Å². The largest absolute Gasteiger partial charge is 0.495 e. The quantitative estimate of drug-likeness (QED) is 0.734. The zero-order valence-electron chi connectivity index (χ0n) is 6.71. The molecular formula is C8H10ClNO2. The number of ether oxygens (including phenoxy) is 1. The molecule has 66 valence electrons. The summed E-state index contributed by atoms with van der Waals surface area (Å²) in [5.74, 6) is 5.55. The molecule has 0 heterocycles. The molecule has 0 saturated heterocycles. The maximum atomic E-state index is 5.93.